The van der Waals surface area contributed by atoms with Crippen molar-refractivity contribution in [2.45, 2.75) is 70.1 Å². The van der Waals surface area contributed by atoms with Crippen LogP contribution in [0.1, 0.15) is 46.0 Å². The SMILES string of the molecule is CCC(C)C(NC(=O)C(CCSC)NC(=O)C(CCC(N)=O)NC(=O)C(N)CCSC)C(=O)O. The van der Waals surface area contributed by atoms with Crippen molar-refractivity contribution in [3.8, 4) is 0 Å². The van der Waals surface area contributed by atoms with E-state index in [0.717, 1.165) is 0 Å². The molecule has 0 aromatic rings. The molecule has 5 unspecified atom stereocenters. The molecule has 13 heteroatoms. The van der Waals surface area contributed by atoms with Crippen molar-refractivity contribution in [1.82, 2.24) is 16.0 Å². The maximum Gasteiger partial charge on any atom is 0.326 e. The van der Waals surface area contributed by atoms with Crippen LogP contribution < -0.4 is 27.4 Å². The van der Waals surface area contributed by atoms with E-state index < -0.39 is 53.8 Å². The number of rotatable bonds is 18. The molecule has 0 aromatic heterocycles. The second-order valence-electron chi connectivity index (χ2n) is 8.01. The first kappa shape index (κ1) is 32.0. The molecular formula is C21H39N5O6S2. The van der Waals surface area contributed by atoms with Gasteiger partial charge in [-0.15, -0.1) is 0 Å². The van der Waals surface area contributed by atoms with Crippen LogP contribution in [-0.2, 0) is 24.0 Å². The normalized spacial score (nSPS) is 15.3. The van der Waals surface area contributed by atoms with Crippen LogP contribution in [0.4, 0.5) is 0 Å². The lowest BCUT2D eigenvalue weighted by Crippen LogP contribution is -2.58. The largest absolute Gasteiger partial charge is 0.480 e. The van der Waals surface area contributed by atoms with Crippen LogP contribution in [-0.4, -0.2) is 82.9 Å². The first-order chi connectivity index (χ1) is 16.0. The summed E-state index contributed by atoms with van der Waals surface area (Å²) >= 11 is 2.99. The summed E-state index contributed by atoms with van der Waals surface area (Å²) in [7, 11) is 0. The van der Waals surface area contributed by atoms with E-state index in [9.17, 15) is 29.1 Å². The second-order valence-corrected chi connectivity index (χ2v) is 9.98. The third-order valence-electron chi connectivity index (χ3n) is 5.30. The minimum atomic E-state index is -1.16. The molecule has 0 radical (unpaired) electrons. The Bertz CT molecular complexity index is 697. The zero-order valence-electron chi connectivity index (χ0n) is 20.3. The van der Waals surface area contributed by atoms with Crippen molar-refractivity contribution in [3.63, 3.8) is 0 Å². The monoisotopic (exact) mass is 521 g/mol. The molecule has 0 aliphatic heterocycles. The Labute approximate surface area is 209 Å². The Hall–Kier alpha value is -1.99. The van der Waals surface area contributed by atoms with Gasteiger partial charge in [0.15, 0.2) is 0 Å². The van der Waals surface area contributed by atoms with Crippen LogP contribution in [0.3, 0.4) is 0 Å². The highest BCUT2D eigenvalue weighted by molar-refractivity contribution is 7.98. The minimum absolute atomic E-state index is 0.0658. The van der Waals surface area contributed by atoms with Crippen LogP contribution in [0, 0.1) is 5.92 Å². The molecule has 34 heavy (non-hydrogen) atoms. The number of aliphatic carboxylic acids is 1. The van der Waals surface area contributed by atoms with Gasteiger partial charge in [0.05, 0.1) is 6.04 Å². The van der Waals surface area contributed by atoms with Gasteiger partial charge in [-0.1, -0.05) is 20.3 Å². The van der Waals surface area contributed by atoms with Gasteiger partial charge >= 0.3 is 5.97 Å². The van der Waals surface area contributed by atoms with Crippen LogP contribution in [0.15, 0.2) is 0 Å². The van der Waals surface area contributed by atoms with Gasteiger partial charge in [-0.2, -0.15) is 23.5 Å². The summed E-state index contributed by atoms with van der Waals surface area (Å²) < 4.78 is 0. The average molecular weight is 522 g/mol. The summed E-state index contributed by atoms with van der Waals surface area (Å²) in [5, 5.41) is 17.1. The Morgan fingerprint density at radius 3 is 1.85 bits per heavy atom. The summed E-state index contributed by atoms with van der Waals surface area (Å²) in [4.78, 5) is 61.2. The van der Waals surface area contributed by atoms with Crippen LogP contribution in [0.25, 0.3) is 0 Å². The number of carboxylic acid groups (broad SMARTS) is 1. The molecule has 0 fully saturated rings. The van der Waals surface area contributed by atoms with Crippen LogP contribution in [0.2, 0.25) is 0 Å². The van der Waals surface area contributed by atoms with Gasteiger partial charge in [0.1, 0.15) is 18.1 Å². The van der Waals surface area contributed by atoms with E-state index >= 15 is 0 Å². The molecular weight excluding hydrogens is 482 g/mol. The molecule has 8 N–H and O–H groups in total. The third kappa shape index (κ3) is 12.5. The molecule has 0 saturated carbocycles. The molecule has 4 amide bonds. The summed E-state index contributed by atoms with van der Waals surface area (Å²) in [6.07, 6.45) is 4.68. The third-order valence-corrected chi connectivity index (χ3v) is 6.59. The summed E-state index contributed by atoms with van der Waals surface area (Å²) in [6, 6.07) is -4.09. The summed E-state index contributed by atoms with van der Waals surface area (Å²) in [6.45, 7) is 3.53. The second kappa shape index (κ2) is 17.4. The van der Waals surface area contributed by atoms with E-state index in [1.165, 1.54) is 23.5 Å². The van der Waals surface area contributed by atoms with Gasteiger partial charge in [0.25, 0.3) is 0 Å². The highest BCUT2D eigenvalue weighted by atomic mass is 32.2. The Morgan fingerprint density at radius 2 is 1.35 bits per heavy atom. The topological polar surface area (TPSA) is 194 Å². The van der Waals surface area contributed by atoms with Crippen molar-refractivity contribution in [2.75, 3.05) is 24.0 Å². The minimum Gasteiger partial charge on any atom is -0.480 e. The number of carbonyl (C=O) groups is 5. The first-order valence-corrected chi connectivity index (χ1v) is 13.9. The number of hydrogen-bond donors (Lipinski definition) is 6. The number of thioether (sulfide) groups is 2. The van der Waals surface area contributed by atoms with Gasteiger partial charge < -0.3 is 32.5 Å². The van der Waals surface area contributed by atoms with E-state index in [1.54, 1.807) is 6.92 Å². The van der Waals surface area contributed by atoms with Gasteiger partial charge in [-0.25, -0.2) is 4.79 Å². The highest BCUT2D eigenvalue weighted by Crippen LogP contribution is 2.10. The molecule has 0 saturated heterocycles. The number of nitrogens with one attached hydrogen (secondary N) is 3. The van der Waals surface area contributed by atoms with Gasteiger partial charge in [-0.05, 0) is 49.2 Å². The fourth-order valence-electron chi connectivity index (χ4n) is 2.92. The number of carboxylic acids is 1. The average Bonchev–Trinajstić information content (AvgIpc) is 2.79. The molecule has 5 atom stereocenters. The van der Waals surface area contributed by atoms with Crippen LogP contribution in [0.5, 0.6) is 0 Å². The molecule has 0 aliphatic carbocycles. The van der Waals surface area contributed by atoms with Gasteiger partial charge in [-0.3, -0.25) is 19.2 Å². The smallest absolute Gasteiger partial charge is 0.326 e. The number of nitrogens with two attached hydrogens (primary N) is 2. The van der Waals surface area contributed by atoms with Crippen LogP contribution >= 0.6 is 23.5 Å². The maximum absolute atomic E-state index is 13.0. The van der Waals surface area contributed by atoms with Crippen molar-refractivity contribution in [3.05, 3.63) is 0 Å². The molecule has 196 valence electrons. The van der Waals surface area contributed by atoms with Crippen molar-refractivity contribution >= 4 is 53.1 Å². The van der Waals surface area contributed by atoms with Crippen molar-refractivity contribution in [1.29, 1.82) is 0 Å². The van der Waals surface area contributed by atoms with E-state index in [0.29, 0.717) is 24.3 Å². The zero-order valence-corrected chi connectivity index (χ0v) is 21.9. The first-order valence-electron chi connectivity index (χ1n) is 11.1. The van der Waals surface area contributed by atoms with Gasteiger partial charge in [0, 0.05) is 6.42 Å². The fourth-order valence-corrected chi connectivity index (χ4v) is 3.88. The highest BCUT2D eigenvalue weighted by Gasteiger charge is 2.31. The quantitative estimate of drug-likeness (QED) is 0.140. The fraction of sp³-hybridized carbons (Fsp3) is 0.762. The van der Waals surface area contributed by atoms with E-state index in [-0.39, 0.29) is 25.2 Å². The Balaban J connectivity index is 5.52. The number of hydrogen-bond acceptors (Lipinski definition) is 8. The molecule has 0 aliphatic rings. The van der Waals surface area contributed by atoms with E-state index in [1.807, 2.05) is 19.4 Å². The molecule has 0 rings (SSSR count). The lowest BCUT2D eigenvalue weighted by atomic mass is 9.98. The Kier molecular flexibility index (Phi) is 16.4. The Morgan fingerprint density at radius 1 is 0.853 bits per heavy atom. The molecule has 11 nitrogen and oxygen atoms in total. The molecule has 0 bridgehead atoms. The number of primary amides is 1. The number of carbonyl (C=O) groups excluding carboxylic acids is 4. The van der Waals surface area contributed by atoms with Crippen molar-refractivity contribution < 1.29 is 29.1 Å². The van der Waals surface area contributed by atoms with E-state index in [2.05, 4.69) is 16.0 Å². The summed E-state index contributed by atoms with van der Waals surface area (Å²) in [5.41, 5.74) is 11.1. The predicted molar refractivity (Wildman–Crippen MR) is 135 cm³/mol. The molecule has 0 heterocycles. The summed E-state index contributed by atoms with van der Waals surface area (Å²) in [5.74, 6) is -2.80. The lowest BCUT2D eigenvalue weighted by Gasteiger charge is -2.26. The van der Waals surface area contributed by atoms with E-state index in [4.69, 9.17) is 11.5 Å². The predicted octanol–water partition coefficient (Wildman–Crippen LogP) is -0.329. The van der Waals surface area contributed by atoms with Gasteiger partial charge in [0.2, 0.25) is 23.6 Å². The van der Waals surface area contributed by atoms with Crippen molar-refractivity contribution in [2.24, 2.45) is 17.4 Å². The maximum atomic E-state index is 13.0. The molecule has 0 spiro atoms. The lowest BCUT2D eigenvalue weighted by molar-refractivity contribution is -0.143. The molecule has 0 aromatic carbocycles. The number of amides is 4. The standard InChI is InChI=1S/C21H39N5O6S2/c1-5-12(2)17(21(31)32)26-20(30)15(9-11-34-4)25-19(29)14(6-7-16(23)27)24-18(28)13(22)8-10-33-3/h12-15,17H,5-11,22H2,1-4H3,(H2,23,27)(H,24,28)(H,25,29)(H,26,30)(H,31,32). The zero-order chi connectivity index (χ0) is 26.3.